The number of ether oxygens (including phenoxy) is 1. The highest BCUT2D eigenvalue weighted by Crippen LogP contribution is 2.43. The van der Waals surface area contributed by atoms with Crippen LogP contribution in [-0.2, 0) is 20.7 Å². The highest BCUT2D eigenvalue weighted by Gasteiger charge is 2.53. The Morgan fingerprint density at radius 2 is 2.00 bits per heavy atom. The number of amides is 3. The molecule has 1 unspecified atom stereocenters. The van der Waals surface area contributed by atoms with E-state index in [1.807, 2.05) is 6.92 Å². The maximum Gasteiger partial charge on any atom is 0.327 e. The molecule has 3 rings (SSSR count). The van der Waals surface area contributed by atoms with Gasteiger partial charge in [-0.2, -0.15) is 4.98 Å². The van der Waals surface area contributed by atoms with Crippen molar-refractivity contribution in [2.45, 2.75) is 84.8 Å². The van der Waals surface area contributed by atoms with E-state index in [4.69, 9.17) is 9.26 Å². The number of nitrogens with zero attached hydrogens (tertiary/aromatic N) is 3. The van der Waals surface area contributed by atoms with Crippen LogP contribution in [0.25, 0.3) is 0 Å². The van der Waals surface area contributed by atoms with Gasteiger partial charge in [0.05, 0.1) is 0 Å². The van der Waals surface area contributed by atoms with Gasteiger partial charge in [-0.3, -0.25) is 14.5 Å². The number of aryl methyl sites for hydroxylation is 1. The fourth-order valence-corrected chi connectivity index (χ4v) is 4.31. The third-order valence-corrected chi connectivity index (χ3v) is 6.21. The average molecular weight is 421 g/mol. The summed E-state index contributed by atoms with van der Waals surface area (Å²) >= 11 is 0. The van der Waals surface area contributed by atoms with Gasteiger partial charge in [-0.15, -0.1) is 0 Å². The highest BCUT2D eigenvalue weighted by atomic mass is 16.6. The lowest BCUT2D eigenvalue weighted by Gasteiger charge is -2.40. The van der Waals surface area contributed by atoms with E-state index in [9.17, 15) is 14.4 Å². The van der Waals surface area contributed by atoms with Crippen LogP contribution in [0.2, 0.25) is 0 Å². The fraction of sp³-hybridized carbons (Fsp3) is 0.762. The zero-order valence-electron chi connectivity index (χ0n) is 18.5. The van der Waals surface area contributed by atoms with Crippen molar-refractivity contribution < 1.29 is 23.6 Å². The summed E-state index contributed by atoms with van der Waals surface area (Å²) < 4.78 is 10.4. The van der Waals surface area contributed by atoms with Crippen molar-refractivity contribution in [3.63, 3.8) is 0 Å². The van der Waals surface area contributed by atoms with Crippen molar-refractivity contribution in [2.24, 2.45) is 11.3 Å². The van der Waals surface area contributed by atoms with Gasteiger partial charge in [0.15, 0.2) is 11.9 Å². The molecule has 30 heavy (non-hydrogen) atoms. The molecule has 1 aromatic heterocycles. The van der Waals surface area contributed by atoms with Crippen molar-refractivity contribution in [1.82, 2.24) is 20.4 Å². The molecule has 166 valence electrons. The zero-order valence-corrected chi connectivity index (χ0v) is 18.5. The van der Waals surface area contributed by atoms with Gasteiger partial charge in [-0.25, -0.2) is 4.79 Å². The molecule has 1 atom stereocenters. The van der Waals surface area contributed by atoms with Crippen LogP contribution in [-0.4, -0.2) is 45.0 Å². The molecule has 1 aliphatic heterocycles. The Labute approximate surface area is 176 Å². The standard InChI is InChI=1S/C21H32N4O5/c1-6-7-15-22-17(30-24-15)13(2)29-16(26)12-25-18(27)21(23-19(25)28)10-8-14(9-11-21)20(3,4)5/h13-14H,6-12H2,1-5H3,(H,23,28). The van der Waals surface area contributed by atoms with Gasteiger partial charge >= 0.3 is 12.0 Å². The first-order chi connectivity index (χ1) is 14.1. The number of hydrogen-bond acceptors (Lipinski definition) is 7. The molecule has 1 saturated heterocycles. The minimum absolute atomic E-state index is 0.165. The molecule has 1 aliphatic carbocycles. The summed E-state index contributed by atoms with van der Waals surface area (Å²) in [6.07, 6.45) is 3.69. The van der Waals surface area contributed by atoms with Crippen LogP contribution in [0.15, 0.2) is 4.52 Å². The summed E-state index contributed by atoms with van der Waals surface area (Å²) in [5.41, 5.74) is -0.731. The Balaban J connectivity index is 1.58. The molecule has 0 radical (unpaired) electrons. The van der Waals surface area contributed by atoms with Crippen LogP contribution >= 0.6 is 0 Å². The Morgan fingerprint density at radius 1 is 1.33 bits per heavy atom. The second kappa shape index (κ2) is 8.35. The van der Waals surface area contributed by atoms with Gasteiger partial charge in [0.1, 0.15) is 12.1 Å². The SMILES string of the molecule is CCCc1noc(C(C)OC(=O)CN2C(=O)NC3(CCC(C(C)(C)C)CC3)C2=O)n1. The van der Waals surface area contributed by atoms with Gasteiger partial charge < -0.3 is 14.6 Å². The van der Waals surface area contributed by atoms with E-state index in [0.29, 0.717) is 31.0 Å². The number of esters is 1. The molecule has 3 amide bonds. The van der Waals surface area contributed by atoms with E-state index in [2.05, 4.69) is 36.2 Å². The predicted octanol–water partition coefficient (Wildman–Crippen LogP) is 3.15. The molecule has 2 aliphatic rings. The van der Waals surface area contributed by atoms with E-state index in [1.165, 1.54) is 0 Å². The van der Waals surface area contributed by atoms with Crippen molar-refractivity contribution >= 4 is 17.9 Å². The number of carbonyl (C=O) groups is 3. The summed E-state index contributed by atoms with van der Waals surface area (Å²) in [7, 11) is 0. The van der Waals surface area contributed by atoms with E-state index in [1.54, 1.807) is 6.92 Å². The molecule has 9 heteroatoms. The fourth-order valence-electron chi connectivity index (χ4n) is 4.31. The van der Waals surface area contributed by atoms with E-state index in [-0.39, 0.29) is 17.2 Å². The normalized spacial score (nSPS) is 25.5. The lowest BCUT2D eigenvalue weighted by Crippen LogP contribution is -2.50. The van der Waals surface area contributed by atoms with E-state index < -0.39 is 30.2 Å². The summed E-state index contributed by atoms with van der Waals surface area (Å²) in [6.45, 7) is 9.77. The molecule has 1 aromatic rings. The molecule has 9 nitrogen and oxygen atoms in total. The number of urea groups is 1. The first-order valence-electron chi connectivity index (χ1n) is 10.7. The third kappa shape index (κ3) is 4.49. The summed E-state index contributed by atoms with van der Waals surface area (Å²) in [5, 5.41) is 6.67. The maximum atomic E-state index is 13.0. The van der Waals surface area contributed by atoms with Gasteiger partial charge in [-0.05, 0) is 50.4 Å². The molecule has 1 saturated carbocycles. The molecular weight excluding hydrogens is 388 g/mol. The second-order valence-corrected chi connectivity index (χ2v) is 9.47. The maximum absolute atomic E-state index is 13.0. The van der Waals surface area contributed by atoms with Crippen LogP contribution < -0.4 is 5.32 Å². The average Bonchev–Trinajstić information content (AvgIpc) is 3.21. The molecule has 1 spiro atoms. The van der Waals surface area contributed by atoms with Crippen LogP contribution in [0, 0.1) is 11.3 Å². The molecule has 0 aromatic carbocycles. The topological polar surface area (TPSA) is 115 Å². The number of rotatable bonds is 6. The molecule has 1 N–H and O–H groups in total. The lowest BCUT2D eigenvalue weighted by molar-refractivity contribution is -0.153. The van der Waals surface area contributed by atoms with Gasteiger partial charge in [-0.1, -0.05) is 32.9 Å². The van der Waals surface area contributed by atoms with Crippen molar-refractivity contribution in [3.05, 3.63) is 11.7 Å². The van der Waals surface area contributed by atoms with Crippen molar-refractivity contribution in [2.75, 3.05) is 6.54 Å². The summed E-state index contributed by atoms with van der Waals surface area (Å²) in [6, 6.07) is -0.540. The van der Waals surface area contributed by atoms with Crippen LogP contribution in [0.4, 0.5) is 4.79 Å². The predicted molar refractivity (Wildman–Crippen MR) is 107 cm³/mol. The molecule has 2 heterocycles. The van der Waals surface area contributed by atoms with Crippen LogP contribution in [0.3, 0.4) is 0 Å². The number of hydrogen-bond donors (Lipinski definition) is 1. The number of aromatic nitrogens is 2. The summed E-state index contributed by atoms with van der Waals surface area (Å²) in [4.78, 5) is 43.0. The monoisotopic (exact) mass is 420 g/mol. The first-order valence-corrected chi connectivity index (χ1v) is 10.7. The van der Waals surface area contributed by atoms with Crippen LogP contribution in [0.5, 0.6) is 0 Å². The number of imide groups is 1. The van der Waals surface area contributed by atoms with Gasteiger partial charge in [0, 0.05) is 6.42 Å². The Kier molecular flexibility index (Phi) is 6.19. The number of carbonyl (C=O) groups excluding carboxylic acids is 3. The lowest BCUT2D eigenvalue weighted by atomic mass is 9.67. The summed E-state index contributed by atoms with van der Waals surface area (Å²) in [5.74, 6) is 0.215. The van der Waals surface area contributed by atoms with Crippen molar-refractivity contribution in [3.8, 4) is 0 Å². The Morgan fingerprint density at radius 3 is 2.60 bits per heavy atom. The Bertz CT molecular complexity index is 805. The molecule has 2 fully saturated rings. The van der Waals surface area contributed by atoms with Crippen LogP contribution in [0.1, 0.15) is 84.5 Å². The zero-order chi connectivity index (χ0) is 22.1. The van der Waals surface area contributed by atoms with Gasteiger partial charge in [0.2, 0.25) is 0 Å². The largest absolute Gasteiger partial charge is 0.451 e. The third-order valence-electron chi connectivity index (χ3n) is 6.21. The molecule has 0 bridgehead atoms. The Hall–Kier alpha value is -2.45. The quantitative estimate of drug-likeness (QED) is 0.555. The van der Waals surface area contributed by atoms with Crippen molar-refractivity contribution in [1.29, 1.82) is 0 Å². The first kappa shape index (κ1) is 22.2. The minimum Gasteiger partial charge on any atom is -0.451 e. The van der Waals surface area contributed by atoms with Gasteiger partial charge in [0.25, 0.3) is 11.8 Å². The highest BCUT2D eigenvalue weighted by molar-refractivity contribution is 6.08. The van der Waals surface area contributed by atoms with E-state index in [0.717, 1.165) is 24.2 Å². The second-order valence-electron chi connectivity index (χ2n) is 9.47. The number of nitrogens with one attached hydrogen (secondary N) is 1. The smallest absolute Gasteiger partial charge is 0.327 e. The molecular formula is C21H32N4O5. The minimum atomic E-state index is -0.897. The van der Waals surface area contributed by atoms with E-state index >= 15 is 0 Å².